The van der Waals surface area contributed by atoms with Gasteiger partial charge in [-0.15, -0.1) is 0 Å². The fourth-order valence-corrected chi connectivity index (χ4v) is 2.01. The van der Waals surface area contributed by atoms with Gasteiger partial charge in [-0.25, -0.2) is 9.97 Å². The number of rotatable bonds is 3. The standard InChI is InChI=1S/C14H11N5O3/c1-8-2-4-9(5-3-8)17-12-10-6-11(19(21)22)14(20)18-13(10)16-7-15-12/h2-7H,1H3,(H2,15,16,17,18,20). The van der Waals surface area contributed by atoms with Crippen LogP contribution in [0.25, 0.3) is 11.0 Å². The van der Waals surface area contributed by atoms with Gasteiger partial charge in [0.15, 0.2) is 0 Å². The lowest BCUT2D eigenvalue weighted by molar-refractivity contribution is -0.386. The van der Waals surface area contributed by atoms with E-state index in [1.807, 2.05) is 31.2 Å². The number of fused-ring (bicyclic) bond motifs is 1. The van der Waals surface area contributed by atoms with Crippen LogP contribution in [0.1, 0.15) is 5.56 Å². The maximum absolute atomic E-state index is 11.6. The smallest absolute Gasteiger partial charge is 0.334 e. The summed E-state index contributed by atoms with van der Waals surface area (Å²) in [5.74, 6) is 0.383. The van der Waals surface area contributed by atoms with Crippen LogP contribution in [-0.2, 0) is 0 Å². The monoisotopic (exact) mass is 297 g/mol. The number of nitrogens with one attached hydrogen (secondary N) is 2. The Balaban J connectivity index is 2.13. The first kappa shape index (κ1) is 13.7. The average molecular weight is 297 g/mol. The van der Waals surface area contributed by atoms with Gasteiger partial charge < -0.3 is 10.3 Å². The minimum absolute atomic E-state index is 0.236. The number of nitrogens with zero attached hydrogens (tertiary/aromatic N) is 3. The summed E-state index contributed by atoms with van der Waals surface area (Å²) in [6.07, 6.45) is 1.28. The van der Waals surface area contributed by atoms with Crippen molar-refractivity contribution in [3.8, 4) is 0 Å². The number of pyridine rings is 1. The summed E-state index contributed by atoms with van der Waals surface area (Å²) in [6, 6.07) is 8.75. The van der Waals surface area contributed by atoms with Crippen molar-refractivity contribution in [2.24, 2.45) is 0 Å². The molecule has 8 heteroatoms. The van der Waals surface area contributed by atoms with E-state index in [0.29, 0.717) is 11.2 Å². The maximum Gasteiger partial charge on any atom is 0.334 e. The molecule has 0 atom stereocenters. The molecule has 0 saturated carbocycles. The molecule has 0 saturated heterocycles. The Morgan fingerprint density at radius 3 is 2.64 bits per heavy atom. The number of nitro groups is 1. The van der Waals surface area contributed by atoms with E-state index >= 15 is 0 Å². The van der Waals surface area contributed by atoms with Crippen LogP contribution in [0.5, 0.6) is 0 Å². The molecule has 0 bridgehead atoms. The van der Waals surface area contributed by atoms with Gasteiger partial charge in [-0.2, -0.15) is 0 Å². The minimum Gasteiger partial charge on any atom is -0.340 e. The molecule has 0 aliphatic rings. The lowest BCUT2D eigenvalue weighted by Crippen LogP contribution is -2.12. The van der Waals surface area contributed by atoms with E-state index < -0.39 is 16.2 Å². The highest BCUT2D eigenvalue weighted by molar-refractivity contribution is 5.89. The summed E-state index contributed by atoms with van der Waals surface area (Å²) in [6.45, 7) is 1.97. The highest BCUT2D eigenvalue weighted by Crippen LogP contribution is 2.23. The molecule has 0 amide bonds. The largest absolute Gasteiger partial charge is 0.340 e. The van der Waals surface area contributed by atoms with Gasteiger partial charge in [0.2, 0.25) is 0 Å². The first-order valence-corrected chi connectivity index (χ1v) is 6.41. The molecule has 0 fully saturated rings. The first-order chi connectivity index (χ1) is 10.5. The number of aromatic nitrogens is 3. The normalized spacial score (nSPS) is 10.6. The molecule has 8 nitrogen and oxygen atoms in total. The number of hydrogen-bond acceptors (Lipinski definition) is 6. The van der Waals surface area contributed by atoms with Gasteiger partial charge in [-0.3, -0.25) is 14.9 Å². The summed E-state index contributed by atoms with van der Waals surface area (Å²) >= 11 is 0. The van der Waals surface area contributed by atoms with Gasteiger partial charge in [-0.05, 0) is 19.1 Å². The Labute approximate surface area is 124 Å². The van der Waals surface area contributed by atoms with Crippen LogP contribution < -0.4 is 10.9 Å². The van der Waals surface area contributed by atoms with E-state index in [1.54, 1.807) is 0 Å². The second-order valence-electron chi connectivity index (χ2n) is 4.72. The summed E-state index contributed by atoms with van der Waals surface area (Å²) in [7, 11) is 0. The lowest BCUT2D eigenvalue weighted by Gasteiger charge is -2.08. The van der Waals surface area contributed by atoms with E-state index in [9.17, 15) is 14.9 Å². The van der Waals surface area contributed by atoms with Gasteiger partial charge in [0.25, 0.3) is 0 Å². The summed E-state index contributed by atoms with van der Waals surface area (Å²) < 4.78 is 0. The zero-order valence-corrected chi connectivity index (χ0v) is 11.5. The van der Waals surface area contributed by atoms with Crippen molar-refractivity contribution in [2.45, 2.75) is 6.92 Å². The van der Waals surface area contributed by atoms with E-state index in [1.165, 1.54) is 12.4 Å². The Morgan fingerprint density at radius 2 is 1.95 bits per heavy atom. The zero-order chi connectivity index (χ0) is 15.7. The summed E-state index contributed by atoms with van der Waals surface area (Å²) in [5.41, 5.74) is 0.782. The SMILES string of the molecule is Cc1ccc(Nc2ncnc3[nH]c(=O)c([N+](=O)[O-])cc23)cc1. The van der Waals surface area contributed by atoms with Crippen molar-refractivity contribution in [3.05, 3.63) is 62.7 Å². The molecular weight excluding hydrogens is 286 g/mol. The molecule has 0 radical (unpaired) electrons. The first-order valence-electron chi connectivity index (χ1n) is 6.41. The fourth-order valence-electron chi connectivity index (χ4n) is 2.01. The fraction of sp³-hybridized carbons (Fsp3) is 0.0714. The zero-order valence-electron chi connectivity index (χ0n) is 11.5. The Kier molecular flexibility index (Phi) is 3.26. The Bertz CT molecular complexity index is 918. The van der Waals surface area contributed by atoms with Gasteiger partial charge in [0.1, 0.15) is 17.8 Å². The number of H-pyrrole nitrogens is 1. The van der Waals surface area contributed by atoms with Crippen LogP contribution in [0, 0.1) is 17.0 Å². The van der Waals surface area contributed by atoms with Crippen LogP contribution in [0.4, 0.5) is 17.2 Å². The third-order valence-electron chi connectivity index (χ3n) is 3.14. The molecular formula is C14H11N5O3. The molecule has 1 aromatic carbocycles. The van der Waals surface area contributed by atoms with E-state index in [4.69, 9.17) is 0 Å². The van der Waals surface area contributed by atoms with Gasteiger partial charge in [0, 0.05) is 11.8 Å². The van der Waals surface area contributed by atoms with E-state index in [-0.39, 0.29) is 5.65 Å². The van der Waals surface area contributed by atoms with Crippen LogP contribution >= 0.6 is 0 Å². The van der Waals surface area contributed by atoms with Gasteiger partial charge in [0.05, 0.1) is 10.3 Å². The predicted octanol–water partition coefficient (Wildman–Crippen LogP) is 2.28. The highest BCUT2D eigenvalue weighted by atomic mass is 16.6. The maximum atomic E-state index is 11.6. The second kappa shape index (κ2) is 5.24. The van der Waals surface area contributed by atoms with Gasteiger partial charge in [-0.1, -0.05) is 17.7 Å². The molecule has 0 unspecified atom stereocenters. The number of hydrogen-bond donors (Lipinski definition) is 2. The molecule has 3 rings (SSSR count). The second-order valence-corrected chi connectivity index (χ2v) is 4.72. The third kappa shape index (κ3) is 2.49. The van der Waals surface area contributed by atoms with E-state index in [0.717, 1.165) is 11.3 Å². The molecule has 0 aliphatic carbocycles. The molecule has 0 aliphatic heterocycles. The topological polar surface area (TPSA) is 114 Å². The third-order valence-corrected chi connectivity index (χ3v) is 3.14. The Hall–Kier alpha value is -3.29. The number of benzene rings is 1. The van der Waals surface area contributed by atoms with Crippen LogP contribution in [0.2, 0.25) is 0 Å². The quantitative estimate of drug-likeness (QED) is 0.566. The van der Waals surface area contributed by atoms with Crippen molar-refractivity contribution >= 4 is 28.2 Å². The van der Waals surface area contributed by atoms with Crippen molar-refractivity contribution < 1.29 is 4.92 Å². The van der Waals surface area contributed by atoms with E-state index in [2.05, 4.69) is 20.3 Å². The molecule has 2 heterocycles. The number of anilines is 2. The lowest BCUT2D eigenvalue weighted by atomic mass is 10.2. The van der Waals surface area contributed by atoms with Crippen molar-refractivity contribution in [1.82, 2.24) is 15.0 Å². The predicted molar refractivity (Wildman–Crippen MR) is 81.3 cm³/mol. The summed E-state index contributed by atoms with van der Waals surface area (Å²) in [4.78, 5) is 32.2. The number of aromatic amines is 1. The molecule has 2 aromatic heterocycles. The highest BCUT2D eigenvalue weighted by Gasteiger charge is 2.16. The van der Waals surface area contributed by atoms with Crippen molar-refractivity contribution in [3.63, 3.8) is 0 Å². The minimum atomic E-state index is -0.794. The molecule has 2 N–H and O–H groups in total. The molecule has 110 valence electrons. The number of aryl methyl sites for hydroxylation is 1. The molecule has 3 aromatic rings. The molecule has 0 spiro atoms. The van der Waals surface area contributed by atoms with Crippen LogP contribution in [0.15, 0.2) is 41.5 Å². The van der Waals surface area contributed by atoms with Crippen LogP contribution in [0.3, 0.4) is 0 Å². The average Bonchev–Trinajstić information content (AvgIpc) is 2.49. The van der Waals surface area contributed by atoms with Gasteiger partial charge >= 0.3 is 11.2 Å². The van der Waals surface area contributed by atoms with Crippen molar-refractivity contribution in [1.29, 1.82) is 0 Å². The molecule has 22 heavy (non-hydrogen) atoms. The van der Waals surface area contributed by atoms with Crippen molar-refractivity contribution in [2.75, 3.05) is 5.32 Å². The van der Waals surface area contributed by atoms with Crippen LogP contribution in [-0.4, -0.2) is 19.9 Å². The Morgan fingerprint density at radius 1 is 1.23 bits per heavy atom. The summed E-state index contributed by atoms with van der Waals surface area (Å²) in [5, 5.41) is 14.3.